The lowest BCUT2D eigenvalue weighted by Gasteiger charge is -2.10. The smallest absolute Gasteiger partial charge is 0.241 e. The molecule has 0 saturated heterocycles. The van der Waals surface area contributed by atoms with Gasteiger partial charge in [-0.05, 0) is 6.07 Å². The summed E-state index contributed by atoms with van der Waals surface area (Å²) >= 11 is 0. The van der Waals surface area contributed by atoms with Crippen LogP contribution >= 0.6 is 0 Å². The molecule has 0 atom stereocenters. The minimum atomic E-state index is -0.190. The molecule has 6 nitrogen and oxygen atoms in total. The molecule has 0 unspecified atom stereocenters. The molecule has 1 rings (SSSR count). The maximum atomic E-state index is 11.0. The fourth-order valence-electron chi connectivity index (χ4n) is 1.34. The van der Waals surface area contributed by atoms with Gasteiger partial charge in [0.2, 0.25) is 5.91 Å². The van der Waals surface area contributed by atoms with Crippen LogP contribution in [0.1, 0.15) is 5.56 Å². The molecular weight excluding hydrogens is 232 g/mol. The van der Waals surface area contributed by atoms with Crippen LogP contribution < -0.4 is 16.4 Å². The van der Waals surface area contributed by atoms with Gasteiger partial charge >= 0.3 is 0 Å². The normalized spacial score (nSPS) is 11.1. The van der Waals surface area contributed by atoms with E-state index in [2.05, 4.69) is 15.6 Å². The predicted molar refractivity (Wildman–Crippen MR) is 71.3 cm³/mol. The number of guanidine groups is 1. The Labute approximate surface area is 106 Å². The van der Waals surface area contributed by atoms with Gasteiger partial charge in [0, 0.05) is 25.4 Å². The number of amides is 1. The van der Waals surface area contributed by atoms with Gasteiger partial charge in [0.1, 0.15) is 6.54 Å². The topological polar surface area (TPSA) is 88.7 Å². The molecular formula is C12H18N4O2. The molecule has 6 heteroatoms. The summed E-state index contributed by atoms with van der Waals surface area (Å²) < 4.78 is 5.08. The van der Waals surface area contributed by atoms with E-state index in [0.717, 1.165) is 11.3 Å². The van der Waals surface area contributed by atoms with Gasteiger partial charge < -0.3 is 21.1 Å². The Kier molecular flexibility index (Phi) is 5.66. The van der Waals surface area contributed by atoms with E-state index in [-0.39, 0.29) is 18.4 Å². The molecule has 0 aromatic heterocycles. The third-order valence-corrected chi connectivity index (χ3v) is 2.25. The molecule has 0 saturated carbocycles. The average Bonchev–Trinajstić information content (AvgIpc) is 2.38. The van der Waals surface area contributed by atoms with Crippen molar-refractivity contribution >= 4 is 17.6 Å². The third kappa shape index (κ3) is 4.42. The Morgan fingerprint density at radius 1 is 1.44 bits per heavy atom. The van der Waals surface area contributed by atoms with Crippen molar-refractivity contribution in [2.45, 2.75) is 6.61 Å². The number of hydrogen-bond donors (Lipinski definition) is 3. The van der Waals surface area contributed by atoms with Crippen molar-refractivity contribution in [1.82, 2.24) is 5.32 Å². The Morgan fingerprint density at radius 2 is 2.17 bits per heavy atom. The second-order valence-electron chi connectivity index (χ2n) is 3.59. The number of anilines is 1. The summed E-state index contributed by atoms with van der Waals surface area (Å²) in [5.41, 5.74) is 7.48. The molecule has 1 aromatic carbocycles. The zero-order valence-corrected chi connectivity index (χ0v) is 10.6. The molecule has 0 bridgehead atoms. The standard InChI is InChI=1S/C12H18N4O2/c1-14-11(17)7-15-12(13)16-10-6-4-3-5-9(10)8-18-2/h3-6H,7-8H2,1-2H3,(H,14,17)(H3,13,15,16). The first-order chi connectivity index (χ1) is 8.67. The number of rotatable bonds is 5. The van der Waals surface area contributed by atoms with Gasteiger partial charge in [-0.1, -0.05) is 18.2 Å². The first kappa shape index (κ1) is 14.0. The van der Waals surface area contributed by atoms with Crippen molar-refractivity contribution in [3.63, 3.8) is 0 Å². The van der Waals surface area contributed by atoms with Gasteiger partial charge in [-0.15, -0.1) is 0 Å². The molecule has 0 fully saturated rings. The summed E-state index contributed by atoms with van der Waals surface area (Å²) in [5, 5.41) is 5.41. The maximum Gasteiger partial charge on any atom is 0.241 e. The number of benzene rings is 1. The van der Waals surface area contributed by atoms with Crippen LogP contribution in [0.15, 0.2) is 29.3 Å². The largest absolute Gasteiger partial charge is 0.380 e. The SMILES string of the molecule is CNC(=O)CN=C(N)Nc1ccccc1COC. The summed E-state index contributed by atoms with van der Waals surface area (Å²) in [6.45, 7) is 0.480. The van der Waals surface area contributed by atoms with Crippen molar-refractivity contribution in [3.05, 3.63) is 29.8 Å². The Morgan fingerprint density at radius 3 is 2.83 bits per heavy atom. The van der Waals surface area contributed by atoms with Gasteiger partial charge in [0.15, 0.2) is 5.96 Å². The van der Waals surface area contributed by atoms with E-state index in [1.165, 1.54) is 0 Å². The lowest BCUT2D eigenvalue weighted by molar-refractivity contribution is -0.119. The van der Waals surface area contributed by atoms with Crippen molar-refractivity contribution in [2.75, 3.05) is 26.0 Å². The lowest BCUT2D eigenvalue weighted by Crippen LogP contribution is -2.27. The van der Waals surface area contributed by atoms with Crippen molar-refractivity contribution < 1.29 is 9.53 Å². The Bertz CT molecular complexity index is 432. The molecule has 0 heterocycles. The highest BCUT2D eigenvalue weighted by Gasteiger charge is 2.02. The van der Waals surface area contributed by atoms with Gasteiger partial charge in [0.25, 0.3) is 0 Å². The monoisotopic (exact) mass is 250 g/mol. The van der Waals surface area contributed by atoms with Gasteiger partial charge in [-0.3, -0.25) is 4.79 Å². The number of nitrogens with one attached hydrogen (secondary N) is 2. The van der Waals surface area contributed by atoms with E-state index in [9.17, 15) is 4.79 Å². The minimum Gasteiger partial charge on any atom is -0.380 e. The van der Waals surface area contributed by atoms with Gasteiger partial charge in [-0.2, -0.15) is 0 Å². The van der Waals surface area contributed by atoms with Crippen LogP contribution in [0.5, 0.6) is 0 Å². The molecule has 0 aliphatic carbocycles. The maximum absolute atomic E-state index is 11.0. The summed E-state index contributed by atoms with van der Waals surface area (Å²) in [6, 6.07) is 7.60. The Balaban J connectivity index is 2.68. The van der Waals surface area contributed by atoms with E-state index in [1.807, 2.05) is 24.3 Å². The highest BCUT2D eigenvalue weighted by molar-refractivity contribution is 5.94. The van der Waals surface area contributed by atoms with E-state index in [1.54, 1.807) is 14.2 Å². The number of aliphatic imine (C=N–C) groups is 1. The lowest BCUT2D eigenvalue weighted by atomic mass is 10.2. The van der Waals surface area contributed by atoms with E-state index in [4.69, 9.17) is 10.5 Å². The first-order valence-corrected chi connectivity index (χ1v) is 5.51. The quantitative estimate of drug-likeness (QED) is 0.518. The number of methoxy groups -OCH3 is 1. The summed E-state index contributed by atoms with van der Waals surface area (Å²) in [6.07, 6.45) is 0. The molecule has 98 valence electrons. The van der Waals surface area contributed by atoms with E-state index in [0.29, 0.717) is 6.61 Å². The third-order valence-electron chi connectivity index (χ3n) is 2.25. The second-order valence-corrected chi connectivity index (χ2v) is 3.59. The number of hydrogen-bond acceptors (Lipinski definition) is 3. The molecule has 0 aliphatic rings. The minimum absolute atomic E-state index is 0.00176. The average molecular weight is 250 g/mol. The second kappa shape index (κ2) is 7.29. The van der Waals surface area contributed by atoms with Crippen LogP contribution in [0, 0.1) is 0 Å². The summed E-state index contributed by atoms with van der Waals surface area (Å²) in [7, 11) is 3.18. The zero-order valence-electron chi connectivity index (χ0n) is 10.6. The number of ether oxygens (including phenoxy) is 1. The number of para-hydroxylation sites is 1. The fraction of sp³-hybridized carbons (Fsp3) is 0.333. The molecule has 4 N–H and O–H groups in total. The highest BCUT2D eigenvalue weighted by Crippen LogP contribution is 2.15. The predicted octanol–water partition coefficient (Wildman–Crippen LogP) is 0.306. The van der Waals surface area contributed by atoms with Gasteiger partial charge in [-0.25, -0.2) is 4.99 Å². The molecule has 0 radical (unpaired) electrons. The van der Waals surface area contributed by atoms with Crippen LogP contribution in [0.25, 0.3) is 0 Å². The molecule has 18 heavy (non-hydrogen) atoms. The summed E-state index contributed by atoms with van der Waals surface area (Å²) in [5.74, 6) is 0.00656. The number of nitrogens with zero attached hydrogens (tertiary/aromatic N) is 1. The zero-order chi connectivity index (χ0) is 13.4. The first-order valence-electron chi connectivity index (χ1n) is 5.51. The molecule has 1 aromatic rings. The van der Waals surface area contributed by atoms with Crippen molar-refractivity contribution in [1.29, 1.82) is 0 Å². The Hall–Kier alpha value is -2.08. The van der Waals surface area contributed by atoms with Crippen LogP contribution in [-0.2, 0) is 16.1 Å². The van der Waals surface area contributed by atoms with Gasteiger partial charge in [0.05, 0.1) is 6.61 Å². The van der Waals surface area contributed by atoms with Crippen LogP contribution in [0.2, 0.25) is 0 Å². The fourth-order valence-corrected chi connectivity index (χ4v) is 1.34. The number of likely N-dealkylation sites (N-methyl/N-ethyl adjacent to an activating group) is 1. The summed E-state index contributed by atoms with van der Waals surface area (Å²) in [4.78, 5) is 14.9. The van der Waals surface area contributed by atoms with Crippen LogP contribution in [0.4, 0.5) is 5.69 Å². The molecule has 0 spiro atoms. The highest BCUT2D eigenvalue weighted by atomic mass is 16.5. The van der Waals surface area contributed by atoms with E-state index < -0.39 is 0 Å². The number of carbonyl (C=O) groups excluding carboxylic acids is 1. The van der Waals surface area contributed by atoms with Crippen LogP contribution in [0.3, 0.4) is 0 Å². The molecule has 0 aliphatic heterocycles. The number of nitrogens with two attached hydrogens (primary N) is 1. The van der Waals surface area contributed by atoms with Crippen molar-refractivity contribution in [3.8, 4) is 0 Å². The van der Waals surface area contributed by atoms with Crippen LogP contribution in [-0.4, -0.2) is 32.6 Å². The van der Waals surface area contributed by atoms with Crippen molar-refractivity contribution in [2.24, 2.45) is 10.7 Å². The van der Waals surface area contributed by atoms with E-state index >= 15 is 0 Å². The number of carbonyl (C=O) groups is 1. The molecule has 1 amide bonds.